The zero-order valence-corrected chi connectivity index (χ0v) is 16.3. The Hall–Kier alpha value is -3.04. The lowest BCUT2D eigenvalue weighted by atomic mass is 10.1. The molecule has 2 aliphatic heterocycles. The van der Waals surface area contributed by atoms with Gasteiger partial charge in [0.05, 0.1) is 35.7 Å². The first-order valence-electron chi connectivity index (χ1n) is 9.63. The van der Waals surface area contributed by atoms with E-state index in [9.17, 15) is 10.1 Å². The van der Waals surface area contributed by atoms with Gasteiger partial charge in [-0.2, -0.15) is 5.26 Å². The van der Waals surface area contributed by atoms with Gasteiger partial charge in [0.1, 0.15) is 6.07 Å². The Morgan fingerprint density at radius 1 is 0.964 bits per heavy atom. The van der Waals surface area contributed by atoms with Crippen LogP contribution in [0.2, 0.25) is 0 Å². The van der Waals surface area contributed by atoms with Crippen LogP contribution in [0.3, 0.4) is 0 Å². The maximum Gasteiger partial charge on any atom is 0.256 e. The summed E-state index contributed by atoms with van der Waals surface area (Å²) in [5.41, 5.74) is 5.32. The lowest BCUT2D eigenvalue weighted by Gasteiger charge is -2.38. The van der Waals surface area contributed by atoms with Crippen LogP contribution < -0.4 is 9.96 Å². The largest absolute Gasteiger partial charge is 0.367 e. The van der Waals surface area contributed by atoms with Crippen LogP contribution in [0.4, 0.5) is 11.4 Å². The molecule has 2 saturated heterocycles. The molecule has 0 radical (unpaired) electrons. The lowest BCUT2D eigenvalue weighted by Crippen LogP contribution is -2.49. The van der Waals surface area contributed by atoms with E-state index in [0.29, 0.717) is 43.9 Å². The molecule has 2 aromatic rings. The Labute approximate surface area is 165 Å². The van der Waals surface area contributed by atoms with Crippen molar-refractivity contribution in [2.45, 2.75) is 13.8 Å². The van der Waals surface area contributed by atoms with Crippen LogP contribution in [-0.2, 0) is 4.84 Å². The second-order valence-electron chi connectivity index (χ2n) is 7.37. The monoisotopic (exact) mass is 376 g/mol. The van der Waals surface area contributed by atoms with E-state index in [1.165, 1.54) is 0 Å². The number of nitrogens with zero attached hydrogens (tertiary/aromatic N) is 4. The van der Waals surface area contributed by atoms with Gasteiger partial charge in [0.15, 0.2) is 0 Å². The van der Waals surface area contributed by atoms with E-state index in [0.717, 1.165) is 29.0 Å². The van der Waals surface area contributed by atoms with Crippen LogP contribution in [0.25, 0.3) is 0 Å². The van der Waals surface area contributed by atoms with Gasteiger partial charge in [0.2, 0.25) is 0 Å². The van der Waals surface area contributed by atoms with Gasteiger partial charge in [-0.25, -0.2) is 0 Å². The zero-order chi connectivity index (χ0) is 19.7. The molecule has 2 aromatic carbocycles. The third-order valence-electron chi connectivity index (χ3n) is 5.37. The highest BCUT2D eigenvalue weighted by atomic mass is 16.7. The lowest BCUT2D eigenvalue weighted by molar-refractivity contribution is 0.0246. The molecule has 28 heavy (non-hydrogen) atoms. The van der Waals surface area contributed by atoms with E-state index >= 15 is 0 Å². The van der Waals surface area contributed by atoms with Crippen molar-refractivity contribution in [3.63, 3.8) is 0 Å². The molecule has 2 aliphatic rings. The minimum Gasteiger partial charge on any atom is -0.367 e. The molecule has 0 bridgehead atoms. The number of rotatable bonds is 3. The van der Waals surface area contributed by atoms with Crippen molar-refractivity contribution in [1.82, 2.24) is 4.90 Å². The Balaban J connectivity index is 1.50. The molecule has 0 aromatic heterocycles. The van der Waals surface area contributed by atoms with Crippen LogP contribution in [0.15, 0.2) is 36.4 Å². The quantitative estimate of drug-likeness (QED) is 0.824. The van der Waals surface area contributed by atoms with Crippen molar-refractivity contribution in [3.8, 4) is 6.07 Å². The normalized spacial score (nSPS) is 16.5. The number of nitriles is 1. The predicted molar refractivity (Wildman–Crippen MR) is 108 cm³/mol. The summed E-state index contributed by atoms with van der Waals surface area (Å²) >= 11 is 0. The SMILES string of the molecule is Cc1ccc(N2CCN(C(=O)c3cc(C)ccc3N3CCO3)CC2)c(C#N)c1. The smallest absolute Gasteiger partial charge is 0.256 e. The predicted octanol–water partition coefficient (Wildman–Crippen LogP) is 2.89. The van der Waals surface area contributed by atoms with Crippen molar-refractivity contribution in [2.75, 3.05) is 49.3 Å². The van der Waals surface area contributed by atoms with Crippen molar-refractivity contribution in [2.24, 2.45) is 0 Å². The number of hydrogen-bond acceptors (Lipinski definition) is 5. The average molecular weight is 376 g/mol. The first-order chi connectivity index (χ1) is 13.6. The van der Waals surface area contributed by atoms with Crippen LogP contribution in [-0.4, -0.2) is 50.1 Å². The fraction of sp³-hybridized carbons (Fsp3) is 0.364. The molecule has 2 fully saturated rings. The maximum atomic E-state index is 13.2. The van der Waals surface area contributed by atoms with Crippen molar-refractivity contribution in [3.05, 3.63) is 58.7 Å². The summed E-state index contributed by atoms with van der Waals surface area (Å²) in [4.78, 5) is 22.8. The second kappa shape index (κ2) is 7.53. The molecule has 0 unspecified atom stereocenters. The second-order valence-corrected chi connectivity index (χ2v) is 7.37. The van der Waals surface area contributed by atoms with Gasteiger partial charge in [-0.1, -0.05) is 17.7 Å². The summed E-state index contributed by atoms with van der Waals surface area (Å²) in [5.74, 6) is 0.0401. The highest BCUT2D eigenvalue weighted by Crippen LogP contribution is 2.28. The summed E-state index contributed by atoms with van der Waals surface area (Å²) in [6, 6.07) is 14.2. The number of carbonyl (C=O) groups excluding carboxylic acids is 1. The number of hydroxylamine groups is 1. The molecule has 4 rings (SSSR count). The zero-order valence-electron chi connectivity index (χ0n) is 16.3. The fourth-order valence-corrected chi connectivity index (χ4v) is 3.75. The number of aryl methyl sites for hydroxylation is 2. The molecule has 144 valence electrons. The summed E-state index contributed by atoms with van der Waals surface area (Å²) in [6.45, 7) is 8.17. The molecule has 6 heteroatoms. The Bertz CT molecular complexity index is 938. The number of carbonyl (C=O) groups is 1. The first kappa shape index (κ1) is 18.3. The molecule has 0 saturated carbocycles. The molecule has 0 spiro atoms. The van der Waals surface area contributed by atoms with E-state index in [1.807, 2.05) is 55.1 Å². The minimum absolute atomic E-state index is 0.0401. The third-order valence-corrected chi connectivity index (χ3v) is 5.37. The third kappa shape index (κ3) is 3.41. The van der Waals surface area contributed by atoms with Crippen LogP contribution in [0.5, 0.6) is 0 Å². The van der Waals surface area contributed by atoms with Crippen LogP contribution in [0, 0.1) is 25.2 Å². The van der Waals surface area contributed by atoms with Gasteiger partial charge in [0, 0.05) is 26.2 Å². The number of benzene rings is 2. The van der Waals surface area contributed by atoms with E-state index < -0.39 is 0 Å². The summed E-state index contributed by atoms with van der Waals surface area (Å²) in [5, 5.41) is 11.2. The Morgan fingerprint density at radius 3 is 2.21 bits per heavy atom. The van der Waals surface area contributed by atoms with Crippen LogP contribution >= 0.6 is 0 Å². The molecular weight excluding hydrogens is 352 g/mol. The van der Waals surface area contributed by atoms with Gasteiger partial charge in [-0.3, -0.25) is 14.7 Å². The molecule has 0 atom stereocenters. The topological polar surface area (TPSA) is 59.8 Å². The average Bonchev–Trinajstić information content (AvgIpc) is 2.67. The van der Waals surface area contributed by atoms with Crippen molar-refractivity contribution >= 4 is 17.3 Å². The Kier molecular flexibility index (Phi) is 4.93. The van der Waals surface area contributed by atoms with Gasteiger partial charge in [0.25, 0.3) is 5.91 Å². The summed E-state index contributed by atoms with van der Waals surface area (Å²) in [7, 11) is 0. The van der Waals surface area contributed by atoms with Gasteiger partial charge < -0.3 is 9.80 Å². The molecule has 0 aliphatic carbocycles. The van der Waals surface area contributed by atoms with Gasteiger partial charge >= 0.3 is 0 Å². The first-order valence-corrected chi connectivity index (χ1v) is 9.63. The highest BCUT2D eigenvalue weighted by molar-refractivity contribution is 6.00. The minimum atomic E-state index is 0.0401. The fourth-order valence-electron chi connectivity index (χ4n) is 3.75. The summed E-state index contributed by atoms with van der Waals surface area (Å²) < 4.78 is 0. The van der Waals surface area contributed by atoms with Crippen molar-refractivity contribution < 1.29 is 9.63 Å². The van der Waals surface area contributed by atoms with Gasteiger partial charge in [-0.05, 0) is 43.7 Å². The number of hydrogen-bond donors (Lipinski definition) is 0. The van der Waals surface area contributed by atoms with Crippen LogP contribution in [0.1, 0.15) is 27.0 Å². The molecular formula is C22H24N4O2. The molecule has 0 N–H and O–H groups in total. The van der Waals surface area contributed by atoms with E-state index in [-0.39, 0.29) is 5.91 Å². The molecule has 1 amide bonds. The van der Waals surface area contributed by atoms with Gasteiger partial charge in [-0.15, -0.1) is 0 Å². The maximum absolute atomic E-state index is 13.2. The highest BCUT2D eigenvalue weighted by Gasteiger charge is 2.28. The Morgan fingerprint density at radius 2 is 1.61 bits per heavy atom. The number of anilines is 2. The van der Waals surface area contributed by atoms with E-state index in [2.05, 4.69) is 11.0 Å². The number of amides is 1. The number of piperazine rings is 1. The van der Waals surface area contributed by atoms with E-state index in [4.69, 9.17) is 4.84 Å². The molecule has 6 nitrogen and oxygen atoms in total. The van der Waals surface area contributed by atoms with E-state index in [1.54, 1.807) is 5.06 Å². The standard InChI is InChI=1S/C22H24N4O2/c1-16-3-5-20(18(13-16)15-23)24-7-9-25(10-8-24)22(27)19-14-17(2)4-6-21(19)26-11-12-28-26/h3-6,13-14H,7-12H2,1-2H3. The summed E-state index contributed by atoms with van der Waals surface area (Å²) in [6.07, 6.45) is 0. The van der Waals surface area contributed by atoms with Crippen molar-refractivity contribution in [1.29, 1.82) is 5.26 Å². The molecule has 2 heterocycles.